The summed E-state index contributed by atoms with van der Waals surface area (Å²) in [6, 6.07) is 6.86. The zero-order valence-electron chi connectivity index (χ0n) is 11.9. The lowest BCUT2D eigenvalue weighted by Crippen LogP contribution is -2.44. The summed E-state index contributed by atoms with van der Waals surface area (Å²) < 4.78 is 5.13. The summed E-state index contributed by atoms with van der Waals surface area (Å²) in [4.78, 5) is 15.2. The van der Waals surface area contributed by atoms with Crippen LogP contribution in [0.1, 0.15) is 0 Å². The molecule has 1 saturated heterocycles. The van der Waals surface area contributed by atoms with Crippen molar-refractivity contribution in [3.8, 4) is 11.1 Å². The van der Waals surface area contributed by atoms with Crippen LogP contribution in [0.3, 0.4) is 0 Å². The number of hydrogen-bond donors (Lipinski definition) is 0. The van der Waals surface area contributed by atoms with Gasteiger partial charge in [-0.05, 0) is 19.2 Å². The maximum absolute atomic E-state index is 11.0. The van der Waals surface area contributed by atoms with Crippen molar-refractivity contribution in [3.63, 3.8) is 0 Å². The normalized spacial score (nSPS) is 16.1. The molecule has 0 radical (unpaired) electrons. The van der Waals surface area contributed by atoms with Gasteiger partial charge in [0.25, 0.3) is 5.69 Å². The van der Waals surface area contributed by atoms with Crippen molar-refractivity contribution in [1.82, 2.24) is 4.90 Å². The Labute approximate surface area is 122 Å². The Kier molecular flexibility index (Phi) is 3.62. The fourth-order valence-corrected chi connectivity index (χ4v) is 2.61. The monoisotopic (exact) mass is 287 g/mol. The van der Waals surface area contributed by atoms with E-state index in [0.717, 1.165) is 43.0 Å². The molecular weight excluding hydrogens is 270 g/mol. The zero-order valence-corrected chi connectivity index (χ0v) is 11.9. The molecule has 1 aromatic carbocycles. The van der Waals surface area contributed by atoms with Gasteiger partial charge in [-0.15, -0.1) is 0 Å². The minimum Gasteiger partial charge on any atom is -0.472 e. The third kappa shape index (κ3) is 2.75. The third-order valence-electron chi connectivity index (χ3n) is 3.87. The molecule has 0 unspecified atom stereocenters. The Morgan fingerprint density at radius 2 is 1.95 bits per heavy atom. The average molecular weight is 287 g/mol. The predicted octanol–water partition coefficient (Wildman–Crippen LogP) is 2.61. The topological polar surface area (TPSA) is 62.8 Å². The fourth-order valence-electron chi connectivity index (χ4n) is 2.61. The number of nitro groups is 1. The van der Waals surface area contributed by atoms with E-state index in [0.29, 0.717) is 0 Å². The van der Waals surface area contributed by atoms with Crippen LogP contribution >= 0.6 is 0 Å². The van der Waals surface area contributed by atoms with Gasteiger partial charge in [0.2, 0.25) is 0 Å². The molecule has 21 heavy (non-hydrogen) atoms. The van der Waals surface area contributed by atoms with Gasteiger partial charge < -0.3 is 14.2 Å². The third-order valence-corrected chi connectivity index (χ3v) is 3.87. The number of likely N-dealkylation sites (N-methyl/N-ethyl adjacent to an activating group) is 1. The Morgan fingerprint density at radius 1 is 1.19 bits per heavy atom. The lowest BCUT2D eigenvalue weighted by Gasteiger charge is -2.35. The number of non-ortho nitro benzene ring substituents is 1. The van der Waals surface area contributed by atoms with Crippen LogP contribution in [0, 0.1) is 10.1 Å². The van der Waals surface area contributed by atoms with Gasteiger partial charge in [-0.1, -0.05) is 0 Å². The van der Waals surface area contributed by atoms with Crippen LogP contribution in [0.25, 0.3) is 11.1 Å². The molecule has 0 atom stereocenters. The van der Waals surface area contributed by atoms with Gasteiger partial charge in [0.1, 0.15) is 0 Å². The minimum absolute atomic E-state index is 0.101. The van der Waals surface area contributed by atoms with E-state index in [9.17, 15) is 10.1 Å². The van der Waals surface area contributed by atoms with Crippen LogP contribution in [-0.2, 0) is 0 Å². The molecule has 110 valence electrons. The number of furan rings is 1. The van der Waals surface area contributed by atoms with Gasteiger partial charge in [-0.2, -0.15) is 0 Å². The molecule has 2 heterocycles. The number of anilines is 1. The smallest absolute Gasteiger partial charge is 0.270 e. The van der Waals surface area contributed by atoms with E-state index < -0.39 is 0 Å². The summed E-state index contributed by atoms with van der Waals surface area (Å²) >= 11 is 0. The Bertz CT molecular complexity index is 632. The molecule has 1 aliphatic rings. The van der Waals surface area contributed by atoms with Crippen LogP contribution in [0.15, 0.2) is 41.2 Å². The van der Waals surface area contributed by atoms with Crippen LogP contribution in [-0.4, -0.2) is 43.0 Å². The molecule has 0 amide bonds. The molecule has 0 bridgehead atoms. The molecule has 1 aromatic heterocycles. The Hall–Kier alpha value is -2.34. The Morgan fingerprint density at radius 3 is 2.57 bits per heavy atom. The van der Waals surface area contributed by atoms with Crippen molar-refractivity contribution in [2.75, 3.05) is 38.1 Å². The molecule has 6 nitrogen and oxygen atoms in total. The molecule has 6 heteroatoms. The summed E-state index contributed by atoms with van der Waals surface area (Å²) in [5, 5.41) is 11.0. The molecule has 2 aromatic rings. The van der Waals surface area contributed by atoms with Gasteiger partial charge in [0, 0.05) is 55.1 Å². The first-order valence-electron chi connectivity index (χ1n) is 6.89. The number of nitrogens with zero attached hydrogens (tertiary/aromatic N) is 3. The highest BCUT2D eigenvalue weighted by Crippen LogP contribution is 2.34. The number of hydrogen-bond acceptors (Lipinski definition) is 5. The second-order valence-corrected chi connectivity index (χ2v) is 5.26. The maximum atomic E-state index is 11.0. The second kappa shape index (κ2) is 5.57. The highest BCUT2D eigenvalue weighted by Gasteiger charge is 2.20. The zero-order chi connectivity index (χ0) is 14.8. The van der Waals surface area contributed by atoms with Crippen molar-refractivity contribution >= 4 is 11.4 Å². The van der Waals surface area contributed by atoms with E-state index in [2.05, 4.69) is 16.8 Å². The number of rotatable bonds is 3. The van der Waals surface area contributed by atoms with Crippen molar-refractivity contribution in [3.05, 3.63) is 46.9 Å². The Balaban J connectivity index is 2.01. The largest absolute Gasteiger partial charge is 0.472 e. The van der Waals surface area contributed by atoms with E-state index in [1.54, 1.807) is 24.7 Å². The van der Waals surface area contributed by atoms with Gasteiger partial charge in [0.15, 0.2) is 0 Å². The lowest BCUT2D eigenvalue weighted by atomic mass is 10.0. The van der Waals surface area contributed by atoms with Crippen LogP contribution in [0.4, 0.5) is 11.4 Å². The summed E-state index contributed by atoms with van der Waals surface area (Å²) in [7, 11) is 2.10. The first kappa shape index (κ1) is 13.6. The van der Waals surface area contributed by atoms with Gasteiger partial charge in [-0.25, -0.2) is 0 Å². The molecule has 1 aliphatic heterocycles. The summed E-state index contributed by atoms with van der Waals surface area (Å²) in [5.41, 5.74) is 2.84. The molecule has 0 aliphatic carbocycles. The number of piperazine rings is 1. The molecular formula is C15H17N3O3. The van der Waals surface area contributed by atoms with E-state index in [4.69, 9.17) is 4.42 Å². The van der Waals surface area contributed by atoms with E-state index >= 15 is 0 Å². The van der Waals surface area contributed by atoms with Crippen molar-refractivity contribution in [1.29, 1.82) is 0 Å². The predicted molar refractivity (Wildman–Crippen MR) is 80.5 cm³/mol. The van der Waals surface area contributed by atoms with Crippen molar-refractivity contribution in [2.45, 2.75) is 0 Å². The standard InChI is InChI=1S/C15H17N3O3/c1-16-5-7-17(8-6-16)15-3-2-13(18(19)20)10-14(15)12-4-9-21-11-12/h2-4,9-11H,5-8H2,1H3. The van der Waals surface area contributed by atoms with Crippen LogP contribution in [0.2, 0.25) is 0 Å². The van der Waals surface area contributed by atoms with Gasteiger partial charge in [-0.3, -0.25) is 10.1 Å². The van der Waals surface area contributed by atoms with Crippen molar-refractivity contribution < 1.29 is 9.34 Å². The van der Waals surface area contributed by atoms with Gasteiger partial charge >= 0.3 is 0 Å². The van der Waals surface area contributed by atoms with E-state index in [1.807, 2.05) is 12.1 Å². The van der Waals surface area contributed by atoms with E-state index in [1.165, 1.54) is 0 Å². The molecule has 0 saturated carbocycles. The average Bonchev–Trinajstić information content (AvgIpc) is 3.01. The highest BCUT2D eigenvalue weighted by molar-refractivity contribution is 5.80. The molecule has 1 fully saturated rings. The summed E-state index contributed by atoms with van der Waals surface area (Å²) in [6.07, 6.45) is 3.21. The lowest BCUT2D eigenvalue weighted by molar-refractivity contribution is -0.384. The maximum Gasteiger partial charge on any atom is 0.270 e. The molecule has 0 N–H and O–H groups in total. The van der Waals surface area contributed by atoms with Crippen LogP contribution in [0.5, 0.6) is 0 Å². The molecule has 0 spiro atoms. The molecule has 3 rings (SSSR count). The minimum atomic E-state index is -0.364. The fraction of sp³-hybridized carbons (Fsp3) is 0.333. The highest BCUT2D eigenvalue weighted by atomic mass is 16.6. The van der Waals surface area contributed by atoms with E-state index in [-0.39, 0.29) is 10.6 Å². The quantitative estimate of drug-likeness (QED) is 0.641. The first-order valence-corrected chi connectivity index (χ1v) is 6.89. The second-order valence-electron chi connectivity index (χ2n) is 5.26. The van der Waals surface area contributed by atoms with Gasteiger partial charge in [0.05, 0.1) is 17.4 Å². The SMILES string of the molecule is CN1CCN(c2ccc([N+](=O)[O-])cc2-c2ccoc2)CC1. The first-order chi connectivity index (χ1) is 10.1. The summed E-state index contributed by atoms with van der Waals surface area (Å²) in [5.74, 6) is 0. The van der Waals surface area contributed by atoms with Crippen molar-refractivity contribution in [2.24, 2.45) is 0 Å². The van der Waals surface area contributed by atoms with Crippen LogP contribution < -0.4 is 4.90 Å². The number of nitro benzene ring substituents is 1. The number of benzene rings is 1. The summed E-state index contributed by atoms with van der Waals surface area (Å²) in [6.45, 7) is 3.81.